The highest BCUT2D eigenvalue weighted by molar-refractivity contribution is 5.91. The lowest BCUT2D eigenvalue weighted by molar-refractivity contribution is 0.179. The minimum atomic E-state index is -0.113. The number of anilines is 1. The van der Waals surface area contributed by atoms with Crippen molar-refractivity contribution in [1.29, 1.82) is 0 Å². The number of likely N-dealkylation sites (tertiary alicyclic amines) is 1. The number of methoxy groups -OCH3 is 1. The molecule has 1 aromatic heterocycles. The molecule has 1 atom stereocenters. The van der Waals surface area contributed by atoms with Crippen LogP contribution in [0.15, 0.2) is 47.1 Å². The van der Waals surface area contributed by atoms with E-state index in [4.69, 9.17) is 9.15 Å². The molecule has 1 aliphatic heterocycles. The number of ether oxygens (including phenoxy) is 1. The topological polar surface area (TPSA) is 54.7 Å². The summed E-state index contributed by atoms with van der Waals surface area (Å²) >= 11 is 0. The lowest BCUT2D eigenvalue weighted by Gasteiger charge is -2.29. The van der Waals surface area contributed by atoms with Gasteiger partial charge in [-0.2, -0.15) is 0 Å². The number of para-hydroxylation sites is 2. The Labute approximate surface area is 136 Å². The van der Waals surface area contributed by atoms with Gasteiger partial charge in [0.25, 0.3) is 0 Å². The highest BCUT2D eigenvalue weighted by atomic mass is 16.5. The monoisotopic (exact) mass is 314 g/mol. The van der Waals surface area contributed by atoms with Crippen molar-refractivity contribution >= 4 is 11.7 Å². The second-order valence-corrected chi connectivity index (χ2v) is 5.70. The second-order valence-electron chi connectivity index (χ2n) is 5.70. The summed E-state index contributed by atoms with van der Waals surface area (Å²) in [7, 11) is 1.60. The highest BCUT2D eigenvalue weighted by Gasteiger charge is 2.29. The Bertz CT molecular complexity index is 639. The first-order chi connectivity index (χ1) is 11.3. The van der Waals surface area contributed by atoms with Gasteiger partial charge in [0, 0.05) is 6.54 Å². The molecular formula is C18H22N2O3. The third-order valence-electron chi connectivity index (χ3n) is 4.23. The number of nitrogens with one attached hydrogen (secondary N) is 1. The Kier molecular flexibility index (Phi) is 4.86. The molecule has 0 aliphatic carbocycles. The molecule has 0 radical (unpaired) electrons. The zero-order valence-corrected chi connectivity index (χ0v) is 13.3. The van der Waals surface area contributed by atoms with Crippen LogP contribution in [0.5, 0.6) is 5.75 Å². The summed E-state index contributed by atoms with van der Waals surface area (Å²) in [5.41, 5.74) is 0.683. The van der Waals surface area contributed by atoms with E-state index in [0.717, 1.165) is 38.0 Å². The minimum absolute atomic E-state index is 0.0118. The van der Waals surface area contributed by atoms with Crippen molar-refractivity contribution in [2.45, 2.75) is 31.7 Å². The van der Waals surface area contributed by atoms with Gasteiger partial charge in [-0.25, -0.2) is 4.79 Å². The summed E-state index contributed by atoms with van der Waals surface area (Å²) in [5.74, 6) is 1.51. The summed E-state index contributed by atoms with van der Waals surface area (Å²) in [6.07, 6.45) is 5.83. The van der Waals surface area contributed by atoms with E-state index in [1.54, 1.807) is 13.4 Å². The van der Waals surface area contributed by atoms with E-state index in [-0.39, 0.29) is 12.1 Å². The number of furan rings is 1. The molecule has 1 saturated heterocycles. The van der Waals surface area contributed by atoms with Gasteiger partial charge in [0.05, 0.1) is 25.1 Å². The second kappa shape index (κ2) is 7.22. The van der Waals surface area contributed by atoms with Crippen LogP contribution in [0.1, 0.15) is 37.5 Å². The van der Waals surface area contributed by atoms with Gasteiger partial charge in [0.1, 0.15) is 11.5 Å². The Morgan fingerprint density at radius 2 is 2.09 bits per heavy atom. The van der Waals surface area contributed by atoms with Gasteiger partial charge < -0.3 is 19.4 Å². The van der Waals surface area contributed by atoms with Crippen LogP contribution in [0.25, 0.3) is 0 Å². The molecular weight excluding hydrogens is 292 g/mol. The van der Waals surface area contributed by atoms with Crippen molar-refractivity contribution in [2.24, 2.45) is 0 Å². The van der Waals surface area contributed by atoms with E-state index in [0.29, 0.717) is 11.4 Å². The molecule has 23 heavy (non-hydrogen) atoms. The van der Waals surface area contributed by atoms with Gasteiger partial charge in [-0.15, -0.1) is 0 Å². The van der Waals surface area contributed by atoms with Crippen LogP contribution < -0.4 is 10.1 Å². The third-order valence-corrected chi connectivity index (χ3v) is 4.23. The molecule has 2 heterocycles. The van der Waals surface area contributed by atoms with Gasteiger partial charge in [0.2, 0.25) is 0 Å². The molecule has 2 aromatic rings. The SMILES string of the molecule is COc1ccccc1NC(=O)N1CCCCC[C@H]1c1ccco1. The molecule has 0 bridgehead atoms. The number of benzene rings is 1. The lowest BCUT2D eigenvalue weighted by atomic mass is 10.1. The Balaban J connectivity index is 1.80. The first kappa shape index (κ1) is 15.5. The molecule has 5 heteroatoms. The molecule has 1 aromatic carbocycles. The number of hydrogen-bond acceptors (Lipinski definition) is 3. The minimum Gasteiger partial charge on any atom is -0.495 e. The molecule has 2 amide bonds. The van der Waals surface area contributed by atoms with Crippen LogP contribution in [0.4, 0.5) is 10.5 Å². The smallest absolute Gasteiger partial charge is 0.322 e. The summed E-state index contributed by atoms with van der Waals surface area (Å²) < 4.78 is 10.9. The average Bonchev–Trinajstić information content (AvgIpc) is 2.99. The van der Waals surface area contributed by atoms with Gasteiger partial charge >= 0.3 is 6.03 Å². The van der Waals surface area contributed by atoms with Crippen molar-refractivity contribution in [1.82, 2.24) is 4.90 Å². The highest BCUT2D eigenvalue weighted by Crippen LogP contribution is 2.32. The van der Waals surface area contributed by atoms with Crippen LogP contribution >= 0.6 is 0 Å². The van der Waals surface area contributed by atoms with Crippen molar-refractivity contribution < 1.29 is 13.9 Å². The van der Waals surface area contributed by atoms with Crippen LogP contribution in [-0.4, -0.2) is 24.6 Å². The molecule has 5 nitrogen and oxygen atoms in total. The number of urea groups is 1. The Morgan fingerprint density at radius 3 is 2.87 bits per heavy atom. The average molecular weight is 314 g/mol. The fourth-order valence-corrected chi connectivity index (χ4v) is 3.06. The van der Waals surface area contributed by atoms with Gasteiger partial charge in [0.15, 0.2) is 0 Å². The van der Waals surface area contributed by atoms with E-state index in [2.05, 4.69) is 5.32 Å². The molecule has 3 rings (SSSR count). The first-order valence-corrected chi connectivity index (χ1v) is 8.03. The molecule has 0 saturated carbocycles. The van der Waals surface area contributed by atoms with E-state index >= 15 is 0 Å². The van der Waals surface area contributed by atoms with Crippen LogP contribution in [-0.2, 0) is 0 Å². The van der Waals surface area contributed by atoms with E-state index < -0.39 is 0 Å². The maximum Gasteiger partial charge on any atom is 0.322 e. The summed E-state index contributed by atoms with van der Waals surface area (Å²) in [5, 5.41) is 2.97. The fourth-order valence-electron chi connectivity index (χ4n) is 3.06. The van der Waals surface area contributed by atoms with Gasteiger partial charge in [-0.3, -0.25) is 0 Å². The van der Waals surface area contributed by atoms with Crippen LogP contribution in [0.2, 0.25) is 0 Å². The predicted octanol–water partition coefficient (Wildman–Crippen LogP) is 4.44. The van der Waals surface area contributed by atoms with Crippen molar-refractivity contribution in [3.05, 3.63) is 48.4 Å². The number of hydrogen-bond donors (Lipinski definition) is 1. The van der Waals surface area contributed by atoms with E-state index in [1.165, 1.54) is 0 Å². The van der Waals surface area contributed by atoms with Crippen molar-refractivity contribution in [3.63, 3.8) is 0 Å². The van der Waals surface area contributed by atoms with Crippen molar-refractivity contribution in [2.75, 3.05) is 19.0 Å². The fraction of sp³-hybridized carbons (Fsp3) is 0.389. The zero-order chi connectivity index (χ0) is 16.1. The number of amides is 2. The van der Waals surface area contributed by atoms with E-state index in [9.17, 15) is 4.79 Å². The molecule has 1 aliphatic rings. The first-order valence-electron chi connectivity index (χ1n) is 8.03. The predicted molar refractivity (Wildman–Crippen MR) is 88.6 cm³/mol. The number of carbonyl (C=O) groups is 1. The third kappa shape index (κ3) is 3.50. The maximum atomic E-state index is 12.8. The number of carbonyl (C=O) groups excluding carboxylic acids is 1. The molecule has 0 spiro atoms. The molecule has 0 unspecified atom stereocenters. The van der Waals surface area contributed by atoms with Gasteiger partial charge in [-0.1, -0.05) is 25.0 Å². The van der Waals surface area contributed by atoms with Gasteiger partial charge in [-0.05, 0) is 37.1 Å². The van der Waals surface area contributed by atoms with Crippen molar-refractivity contribution in [3.8, 4) is 5.75 Å². The number of nitrogens with zero attached hydrogens (tertiary/aromatic N) is 1. The van der Waals surface area contributed by atoms with E-state index in [1.807, 2.05) is 41.3 Å². The Hall–Kier alpha value is -2.43. The summed E-state index contributed by atoms with van der Waals surface area (Å²) in [4.78, 5) is 14.7. The molecule has 1 fully saturated rings. The normalized spacial score (nSPS) is 18.3. The summed E-state index contributed by atoms with van der Waals surface area (Å²) in [6, 6.07) is 11.1. The lowest BCUT2D eigenvalue weighted by Crippen LogP contribution is -2.38. The molecule has 1 N–H and O–H groups in total. The zero-order valence-electron chi connectivity index (χ0n) is 13.3. The largest absolute Gasteiger partial charge is 0.495 e. The number of rotatable bonds is 3. The quantitative estimate of drug-likeness (QED) is 0.911. The molecule has 122 valence electrons. The van der Waals surface area contributed by atoms with Crippen LogP contribution in [0, 0.1) is 0 Å². The Morgan fingerprint density at radius 1 is 1.22 bits per heavy atom. The maximum absolute atomic E-state index is 12.8. The standard InChI is InChI=1S/C18H22N2O3/c1-22-16-10-5-4-8-14(16)19-18(21)20-12-6-2-3-9-15(20)17-11-7-13-23-17/h4-5,7-8,10-11,13,15H,2-3,6,9,12H2,1H3,(H,19,21)/t15-/m0/s1. The van der Waals surface area contributed by atoms with Crippen LogP contribution in [0.3, 0.4) is 0 Å². The summed E-state index contributed by atoms with van der Waals surface area (Å²) in [6.45, 7) is 0.729.